The minimum absolute atomic E-state index is 0.227. The summed E-state index contributed by atoms with van der Waals surface area (Å²) in [5, 5.41) is 14.4. The number of phenols is 1. The summed E-state index contributed by atoms with van der Waals surface area (Å²) in [6, 6.07) is 8.23. The molecule has 0 aliphatic carbocycles. The van der Waals surface area contributed by atoms with Gasteiger partial charge in [0.15, 0.2) is 6.61 Å². The van der Waals surface area contributed by atoms with Gasteiger partial charge in [-0.05, 0) is 81.1 Å². The summed E-state index contributed by atoms with van der Waals surface area (Å²) in [5.41, 5.74) is 3.11. The molecule has 2 aromatic rings. The van der Waals surface area contributed by atoms with E-state index in [-0.39, 0.29) is 12.4 Å². The molecule has 0 aliphatic heterocycles. The highest BCUT2D eigenvalue weighted by molar-refractivity contribution is 14.1. The van der Waals surface area contributed by atoms with Crippen LogP contribution < -0.4 is 10.2 Å². The Hall–Kier alpha value is -0.780. The van der Waals surface area contributed by atoms with E-state index in [1.165, 1.54) is 12.3 Å². The van der Waals surface area contributed by atoms with Crippen molar-refractivity contribution in [2.75, 3.05) is 6.61 Å². The van der Waals surface area contributed by atoms with E-state index in [1.54, 1.807) is 24.3 Å². The van der Waals surface area contributed by atoms with E-state index in [9.17, 15) is 9.90 Å². The maximum atomic E-state index is 11.7. The van der Waals surface area contributed by atoms with Crippen molar-refractivity contribution < 1.29 is 14.6 Å². The van der Waals surface area contributed by atoms with Gasteiger partial charge in [-0.2, -0.15) is 5.10 Å². The van der Waals surface area contributed by atoms with E-state index in [1.807, 2.05) is 45.2 Å². The number of nitrogens with zero attached hydrogens (tertiary/aromatic N) is 1. The molecule has 0 aliphatic rings. The van der Waals surface area contributed by atoms with Crippen molar-refractivity contribution in [2.24, 2.45) is 5.10 Å². The highest BCUT2D eigenvalue weighted by atomic mass is 127. The molecule has 126 valence electrons. The Morgan fingerprint density at radius 2 is 1.92 bits per heavy atom. The molecule has 5 nitrogen and oxygen atoms in total. The third-order valence-electron chi connectivity index (χ3n) is 2.69. The molecule has 0 heterocycles. The van der Waals surface area contributed by atoms with E-state index in [0.29, 0.717) is 22.9 Å². The van der Waals surface area contributed by atoms with Crippen LogP contribution in [0.4, 0.5) is 0 Å². The van der Waals surface area contributed by atoms with Crippen LogP contribution in [0.15, 0.2) is 35.4 Å². The maximum absolute atomic E-state index is 11.7. The maximum Gasteiger partial charge on any atom is 0.277 e. The topological polar surface area (TPSA) is 70.9 Å². The number of benzene rings is 2. The number of rotatable bonds is 5. The molecule has 0 saturated carbocycles. The number of amides is 1. The standard InChI is InChI=1S/C15H10Cl2I2N2O3/c16-9-1-2-13(10(17)5-9)24-7-14(22)21-20-6-8-3-11(18)15(23)12(19)4-8/h1-6,23H,7H2,(H,21,22). The van der Waals surface area contributed by atoms with Gasteiger partial charge in [-0.3, -0.25) is 4.79 Å². The van der Waals surface area contributed by atoms with Crippen molar-refractivity contribution in [3.63, 3.8) is 0 Å². The molecule has 0 bridgehead atoms. The fourth-order valence-corrected chi connectivity index (χ4v) is 3.89. The Morgan fingerprint density at radius 1 is 1.25 bits per heavy atom. The molecule has 1 amide bonds. The average molecular weight is 591 g/mol. The minimum Gasteiger partial charge on any atom is -0.506 e. The monoisotopic (exact) mass is 590 g/mol. The summed E-state index contributed by atoms with van der Waals surface area (Å²) in [6.07, 6.45) is 1.48. The highest BCUT2D eigenvalue weighted by Crippen LogP contribution is 2.27. The molecular formula is C15H10Cl2I2N2O3. The molecule has 0 saturated heterocycles. The SMILES string of the molecule is O=C(COc1ccc(Cl)cc1Cl)NN=Cc1cc(I)c(O)c(I)c1. The lowest BCUT2D eigenvalue weighted by Gasteiger charge is -2.07. The second-order valence-corrected chi connectivity index (χ2v) is 7.66. The van der Waals surface area contributed by atoms with Crippen molar-refractivity contribution in [2.45, 2.75) is 0 Å². The average Bonchev–Trinajstić information content (AvgIpc) is 2.51. The second kappa shape index (κ2) is 9.07. The zero-order valence-electron chi connectivity index (χ0n) is 11.9. The number of ether oxygens (including phenoxy) is 1. The molecule has 0 atom stereocenters. The zero-order chi connectivity index (χ0) is 17.7. The van der Waals surface area contributed by atoms with Crippen molar-refractivity contribution >= 4 is 80.5 Å². The first-order valence-corrected chi connectivity index (χ1v) is 9.36. The lowest BCUT2D eigenvalue weighted by Crippen LogP contribution is -2.24. The Labute approximate surface area is 175 Å². The summed E-state index contributed by atoms with van der Waals surface area (Å²) in [6.45, 7) is -0.233. The quantitative estimate of drug-likeness (QED) is 0.307. The molecule has 0 spiro atoms. The zero-order valence-corrected chi connectivity index (χ0v) is 17.7. The normalized spacial score (nSPS) is 10.8. The van der Waals surface area contributed by atoms with Crippen molar-refractivity contribution in [3.8, 4) is 11.5 Å². The van der Waals surface area contributed by atoms with Gasteiger partial charge in [-0.1, -0.05) is 23.2 Å². The predicted molar refractivity (Wildman–Crippen MR) is 111 cm³/mol. The fourth-order valence-electron chi connectivity index (χ4n) is 1.61. The summed E-state index contributed by atoms with van der Waals surface area (Å²) >= 11 is 15.8. The molecule has 0 aromatic heterocycles. The second-order valence-electron chi connectivity index (χ2n) is 4.49. The van der Waals surface area contributed by atoms with Gasteiger partial charge in [-0.25, -0.2) is 5.43 Å². The molecule has 0 unspecified atom stereocenters. The van der Waals surface area contributed by atoms with Crippen molar-refractivity contribution in [3.05, 3.63) is 53.1 Å². The smallest absolute Gasteiger partial charge is 0.277 e. The van der Waals surface area contributed by atoms with Gasteiger partial charge in [0.05, 0.1) is 18.4 Å². The molecule has 24 heavy (non-hydrogen) atoms. The number of halogens is 4. The first-order chi connectivity index (χ1) is 11.4. The third kappa shape index (κ3) is 5.64. The Balaban J connectivity index is 1.89. The van der Waals surface area contributed by atoms with Crippen LogP contribution in [0.1, 0.15) is 5.56 Å². The van der Waals surface area contributed by atoms with Gasteiger partial charge >= 0.3 is 0 Å². The van der Waals surface area contributed by atoms with Gasteiger partial charge in [0.25, 0.3) is 5.91 Å². The van der Waals surface area contributed by atoms with Gasteiger partial charge in [-0.15, -0.1) is 0 Å². The van der Waals surface area contributed by atoms with E-state index < -0.39 is 5.91 Å². The van der Waals surface area contributed by atoms with Gasteiger partial charge < -0.3 is 9.84 Å². The molecule has 0 radical (unpaired) electrons. The van der Waals surface area contributed by atoms with E-state index in [0.717, 1.165) is 5.56 Å². The predicted octanol–water partition coefficient (Wildman–Crippen LogP) is 4.44. The number of aromatic hydroxyl groups is 1. The van der Waals surface area contributed by atoms with Crippen LogP contribution in [0, 0.1) is 7.14 Å². The lowest BCUT2D eigenvalue weighted by atomic mass is 10.2. The van der Waals surface area contributed by atoms with Crippen molar-refractivity contribution in [1.82, 2.24) is 5.43 Å². The number of carbonyl (C=O) groups excluding carboxylic acids is 1. The van der Waals surface area contributed by atoms with Gasteiger partial charge in [0.2, 0.25) is 0 Å². The van der Waals surface area contributed by atoms with Crippen LogP contribution in [0.2, 0.25) is 10.0 Å². The lowest BCUT2D eigenvalue weighted by molar-refractivity contribution is -0.123. The number of phenolic OH excluding ortho intramolecular Hbond substituents is 1. The molecule has 2 rings (SSSR count). The third-order valence-corrected chi connectivity index (χ3v) is 4.87. The Morgan fingerprint density at radius 3 is 2.54 bits per heavy atom. The molecule has 0 fully saturated rings. The minimum atomic E-state index is -0.430. The number of carbonyl (C=O) groups is 1. The van der Waals surface area contributed by atoms with Crippen molar-refractivity contribution in [1.29, 1.82) is 0 Å². The van der Waals surface area contributed by atoms with E-state index in [4.69, 9.17) is 27.9 Å². The number of hydrogen-bond donors (Lipinski definition) is 2. The highest BCUT2D eigenvalue weighted by Gasteiger charge is 2.07. The largest absolute Gasteiger partial charge is 0.506 e. The van der Waals surface area contributed by atoms with Crippen LogP contribution >= 0.6 is 68.4 Å². The number of hydrogen-bond acceptors (Lipinski definition) is 4. The Bertz CT molecular complexity index is 777. The van der Waals surface area contributed by atoms with Crippen LogP contribution in [-0.4, -0.2) is 23.8 Å². The molecule has 2 N–H and O–H groups in total. The Kier molecular flexibility index (Phi) is 7.38. The molecular weight excluding hydrogens is 581 g/mol. The van der Waals surface area contributed by atoms with Crippen LogP contribution in [-0.2, 0) is 4.79 Å². The van der Waals surface area contributed by atoms with Crippen LogP contribution in [0.3, 0.4) is 0 Å². The summed E-state index contributed by atoms with van der Waals surface area (Å²) < 4.78 is 6.70. The summed E-state index contributed by atoms with van der Waals surface area (Å²) in [7, 11) is 0. The van der Waals surface area contributed by atoms with E-state index >= 15 is 0 Å². The molecule has 2 aromatic carbocycles. The first kappa shape index (κ1) is 19.5. The first-order valence-electron chi connectivity index (χ1n) is 6.44. The van der Waals surface area contributed by atoms with Gasteiger partial charge in [0.1, 0.15) is 11.5 Å². The summed E-state index contributed by atoms with van der Waals surface area (Å²) in [5.74, 6) is 0.161. The number of hydrazone groups is 1. The fraction of sp³-hybridized carbons (Fsp3) is 0.0667. The molecule has 9 heteroatoms. The van der Waals surface area contributed by atoms with Gasteiger partial charge in [0, 0.05) is 5.02 Å². The van der Waals surface area contributed by atoms with Crippen LogP contribution in [0.25, 0.3) is 0 Å². The van der Waals surface area contributed by atoms with Crippen LogP contribution in [0.5, 0.6) is 11.5 Å². The number of nitrogens with one attached hydrogen (secondary N) is 1. The summed E-state index contributed by atoms with van der Waals surface area (Å²) in [4.78, 5) is 11.7. The van der Waals surface area contributed by atoms with E-state index in [2.05, 4.69) is 10.5 Å².